The number of para-hydroxylation sites is 2. The van der Waals surface area contributed by atoms with E-state index in [4.69, 9.17) is 9.47 Å². The van der Waals surface area contributed by atoms with Gasteiger partial charge < -0.3 is 9.47 Å². The minimum Gasteiger partial charge on any atom is -0.490 e. The molecule has 112 valence electrons. The highest BCUT2D eigenvalue weighted by atomic mass is 32.1. The Labute approximate surface area is 129 Å². The molecule has 0 saturated heterocycles. The quantitative estimate of drug-likeness (QED) is 0.502. The largest absolute Gasteiger partial charge is 0.490 e. The van der Waals surface area contributed by atoms with Crippen LogP contribution in [0.15, 0.2) is 41.8 Å². The number of Topliss-reactive ketones (excluding diaryl/α,β-unsaturated/α-hetero) is 1. The fourth-order valence-corrected chi connectivity index (χ4v) is 2.57. The molecule has 2 aromatic rings. The smallest absolute Gasteiger partial charge is 0.172 e. The molecule has 0 bridgehead atoms. The minimum atomic E-state index is 0.184. The van der Waals surface area contributed by atoms with Gasteiger partial charge >= 0.3 is 0 Å². The Bertz CT molecular complexity index is 549. The SMILES string of the molecule is CCCOc1ccccc1OCCCC(=O)c1cccs1. The van der Waals surface area contributed by atoms with Crippen molar-refractivity contribution in [2.75, 3.05) is 13.2 Å². The minimum absolute atomic E-state index is 0.184. The molecule has 0 fully saturated rings. The third-order valence-corrected chi connectivity index (χ3v) is 3.82. The monoisotopic (exact) mass is 304 g/mol. The number of hydrogen-bond acceptors (Lipinski definition) is 4. The van der Waals surface area contributed by atoms with Gasteiger partial charge in [0.2, 0.25) is 0 Å². The first kappa shape index (κ1) is 15.6. The van der Waals surface area contributed by atoms with E-state index in [2.05, 4.69) is 6.92 Å². The fraction of sp³-hybridized carbons (Fsp3) is 0.353. The van der Waals surface area contributed by atoms with Gasteiger partial charge in [-0.15, -0.1) is 11.3 Å². The summed E-state index contributed by atoms with van der Waals surface area (Å²) >= 11 is 1.49. The van der Waals surface area contributed by atoms with Crippen molar-refractivity contribution >= 4 is 17.1 Å². The summed E-state index contributed by atoms with van der Waals surface area (Å²) in [5, 5.41) is 1.92. The lowest BCUT2D eigenvalue weighted by molar-refractivity contribution is 0.0977. The van der Waals surface area contributed by atoms with Crippen molar-refractivity contribution in [3.63, 3.8) is 0 Å². The van der Waals surface area contributed by atoms with E-state index in [0.717, 1.165) is 22.8 Å². The Kier molecular flexibility index (Phi) is 6.28. The lowest BCUT2D eigenvalue weighted by Gasteiger charge is -2.11. The Morgan fingerprint density at radius 2 is 1.76 bits per heavy atom. The zero-order valence-corrected chi connectivity index (χ0v) is 13.0. The highest BCUT2D eigenvalue weighted by Gasteiger charge is 2.07. The molecule has 21 heavy (non-hydrogen) atoms. The highest BCUT2D eigenvalue weighted by Crippen LogP contribution is 2.26. The van der Waals surface area contributed by atoms with Crippen molar-refractivity contribution in [2.45, 2.75) is 26.2 Å². The summed E-state index contributed by atoms with van der Waals surface area (Å²) in [5.41, 5.74) is 0. The number of carbonyl (C=O) groups excluding carboxylic acids is 1. The fourth-order valence-electron chi connectivity index (χ4n) is 1.88. The van der Waals surface area contributed by atoms with Gasteiger partial charge in [-0.2, -0.15) is 0 Å². The standard InChI is InChI=1S/C17H20O3S/c1-2-11-19-15-8-3-4-9-16(15)20-12-5-7-14(18)17-10-6-13-21-17/h3-4,6,8-10,13H,2,5,7,11-12H2,1H3. The predicted molar refractivity (Wildman–Crippen MR) is 85.6 cm³/mol. The Morgan fingerprint density at radius 3 is 2.38 bits per heavy atom. The first-order chi connectivity index (χ1) is 10.3. The molecule has 3 nitrogen and oxygen atoms in total. The van der Waals surface area contributed by atoms with E-state index in [1.807, 2.05) is 41.8 Å². The molecule has 0 aliphatic heterocycles. The van der Waals surface area contributed by atoms with Gasteiger partial charge in [0.25, 0.3) is 0 Å². The summed E-state index contributed by atoms with van der Waals surface area (Å²) in [6, 6.07) is 11.4. The van der Waals surface area contributed by atoms with Gasteiger partial charge in [0, 0.05) is 6.42 Å². The zero-order chi connectivity index (χ0) is 14.9. The normalized spacial score (nSPS) is 10.3. The molecular formula is C17H20O3S. The van der Waals surface area contributed by atoms with Crippen molar-refractivity contribution in [3.05, 3.63) is 46.7 Å². The van der Waals surface area contributed by atoms with Crippen LogP contribution in [0.2, 0.25) is 0 Å². The third kappa shape index (κ3) is 4.90. The molecule has 0 unspecified atom stereocenters. The topological polar surface area (TPSA) is 35.5 Å². The van der Waals surface area contributed by atoms with Crippen LogP contribution in [0, 0.1) is 0 Å². The number of benzene rings is 1. The van der Waals surface area contributed by atoms with Crippen molar-refractivity contribution in [1.82, 2.24) is 0 Å². The molecule has 2 rings (SSSR count). The molecular weight excluding hydrogens is 284 g/mol. The van der Waals surface area contributed by atoms with E-state index in [1.165, 1.54) is 11.3 Å². The van der Waals surface area contributed by atoms with Crippen LogP contribution in [0.4, 0.5) is 0 Å². The summed E-state index contributed by atoms with van der Waals surface area (Å²) in [5.74, 6) is 1.70. The van der Waals surface area contributed by atoms with Crippen LogP contribution >= 0.6 is 11.3 Å². The van der Waals surface area contributed by atoms with E-state index in [0.29, 0.717) is 26.1 Å². The molecule has 0 atom stereocenters. The molecule has 0 radical (unpaired) electrons. The summed E-state index contributed by atoms with van der Waals surface area (Å²) in [4.78, 5) is 12.7. The van der Waals surface area contributed by atoms with Crippen LogP contribution in [0.5, 0.6) is 11.5 Å². The lowest BCUT2D eigenvalue weighted by Crippen LogP contribution is -2.04. The maximum absolute atomic E-state index is 11.9. The summed E-state index contributed by atoms with van der Waals surface area (Å²) in [7, 11) is 0. The first-order valence-corrected chi connectivity index (χ1v) is 8.10. The second kappa shape index (κ2) is 8.47. The maximum atomic E-state index is 11.9. The average molecular weight is 304 g/mol. The van der Waals surface area contributed by atoms with Gasteiger partial charge in [-0.1, -0.05) is 25.1 Å². The number of hydrogen-bond donors (Lipinski definition) is 0. The van der Waals surface area contributed by atoms with Crippen LogP contribution in [-0.2, 0) is 0 Å². The molecule has 0 saturated carbocycles. The number of ketones is 1. The van der Waals surface area contributed by atoms with Crippen LogP contribution in [0.25, 0.3) is 0 Å². The third-order valence-electron chi connectivity index (χ3n) is 2.91. The summed E-state index contributed by atoms with van der Waals surface area (Å²) in [6.07, 6.45) is 2.18. The van der Waals surface area contributed by atoms with Crippen molar-refractivity contribution in [1.29, 1.82) is 0 Å². The van der Waals surface area contributed by atoms with Gasteiger partial charge in [-0.05, 0) is 36.4 Å². The first-order valence-electron chi connectivity index (χ1n) is 7.22. The van der Waals surface area contributed by atoms with E-state index in [9.17, 15) is 4.79 Å². The number of carbonyl (C=O) groups is 1. The van der Waals surface area contributed by atoms with Gasteiger partial charge in [0.1, 0.15) is 0 Å². The van der Waals surface area contributed by atoms with Crippen molar-refractivity contribution in [2.24, 2.45) is 0 Å². The number of thiophene rings is 1. The molecule has 1 aromatic heterocycles. The van der Waals surface area contributed by atoms with Gasteiger partial charge in [-0.3, -0.25) is 4.79 Å². The van der Waals surface area contributed by atoms with Crippen molar-refractivity contribution in [3.8, 4) is 11.5 Å². The molecule has 1 heterocycles. The molecule has 4 heteroatoms. The summed E-state index contributed by atoms with van der Waals surface area (Å²) < 4.78 is 11.4. The molecule has 1 aromatic carbocycles. The Balaban J connectivity index is 1.77. The zero-order valence-electron chi connectivity index (χ0n) is 12.2. The van der Waals surface area contributed by atoms with Gasteiger partial charge in [-0.25, -0.2) is 0 Å². The maximum Gasteiger partial charge on any atom is 0.172 e. The van der Waals surface area contributed by atoms with Crippen LogP contribution in [-0.4, -0.2) is 19.0 Å². The second-order valence-electron chi connectivity index (χ2n) is 4.65. The van der Waals surface area contributed by atoms with E-state index < -0.39 is 0 Å². The van der Waals surface area contributed by atoms with E-state index in [-0.39, 0.29) is 5.78 Å². The Hall–Kier alpha value is -1.81. The molecule has 0 N–H and O–H groups in total. The average Bonchev–Trinajstić information content (AvgIpc) is 3.04. The second-order valence-corrected chi connectivity index (χ2v) is 5.60. The van der Waals surface area contributed by atoms with Gasteiger partial charge in [0.15, 0.2) is 17.3 Å². The van der Waals surface area contributed by atoms with Crippen LogP contribution in [0.3, 0.4) is 0 Å². The molecule has 0 amide bonds. The van der Waals surface area contributed by atoms with E-state index >= 15 is 0 Å². The predicted octanol–water partition coefficient (Wildman–Crippen LogP) is 4.58. The number of rotatable bonds is 9. The molecule has 0 spiro atoms. The van der Waals surface area contributed by atoms with Crippen LogP contribution in [0.1, 0.15) is 35.9 Å². The van der Waals surface area contributed by atoms with E-state index in [1.54, 1.807) is 0 Å². The molecule has 0 aliphatic rings. The van der Waals surface area contributed by atoms with Gasteiger partial charge in [0.05, 0.1) is 18.1 Å². The Morgan fingerprint density at radius 1 is 1.05 bits per heavy atom. The lowest BCUT2D eigenvalue weighted by atomic mass is 10.2. The number of ether oxygens (including phenoxy) is 2. The molecule has 0 aliphatic carbocycles. The highest BCUT2D eigenvalue weighted by molar-refractivity contribution is 7.12. The summed E-state index contributed by atoms with van der Waals surface area (Å²) in [6.45, 7) is 3.26. The van der Waals surface area contributed by atoms with Crippen LogP contribution < -0.4 is 9.47 Å². The van der Waals surface area contributed by atoms with Crippen molar-refractivity contribution < 1.29 is 14.3 Å².